The normalized spacial score (nSPS) is 26.0. The van der Waals surface area contributed by atoms with Crippen molar-refractivity contribution in [1.29, 1.82) is 0 Å². The third-order valence-corrected chi connectivity index (χ3v) is 2.81. The topological polar surface area (TPSA) is 12.4 Å². The van der Waals surface area contributed by atoms with Gasteiger partial charge in [0.1, 0.15) is 0 Å². The summed E-state index contributed by atoms with van der Waals surface area (Å²) >= 11 is 0. The van der Waals surface area contributed by atoms with Gasteiger partial charge in [-0.2, -0.15) is 0 Å². The average molecular weight is 185 g/mol. The van der Waals surface area contributed by atoms with Crippen molar-refractivity contribution in [3.05, 3.63) is 47.7 Å². The Morgan fingerprint density at radius 2 is 1.93 bits per heavy atom. The molecule has 0 radical (unpaired) electrons. The van der Waals surface area contributed by atoms with Crippen molar-refractivity contribution in [2.45, 2.75) is 25.7 Å². The first kappa shape index (κ1) is 9.20. The maximum atomic E-state index is 4.40. The monoisotopic (exact) mass is 185 g/mol. The maximum Gasteiger partial charge on any atom is 0.0329 e. The van der Waals surface area contributed by atoms with Gasteiger partial charge in [-0.25, -0.2) is 0 Å². The average Bonchev–Trinajstić information content (AvgIpc) is 2.24. The molecule has 1 aliphatic heterocycles. The van der Waals surface area contributed by atoms with Crippen molar-refractivity contribution in [3.8, 4) is 0 Å². The molecule has 2 rings (SSSR count). The number of rotatable bonds is 1. The molecule has 14 heavy (non-hydrogen) atoms. The highest BCUT2D eigenvalue weighted by Gasteiger charge is 2.24. The first-order chi connectivity index (χ1) is 6.71. The summed E-state index contributed by atoms with van der Waals surface area (Å²) in [6.07, 6.45) is 5.32. The number of allylic oxidation sites excluding steroid dienone is 2. The van der Waals surface area contributed by atoms with Crippen molar-refractivity contribution in [1.82, 2.24) is 0 Å². The minimum Gasteiger partial charge on any atom is -0.265 e. The van der Waals surface area contributed by atoms with Crippen LogP contribution in [0.25, 0.3) is 0 Å². The van der Waals surface area contributed by atoms with E-state index in [2.05, 4.69) is 48.5 Å². The van der Waals surface area contributed by atoms with Gasteiger partial charge in [-0.1, -0.05) is 43.3 Å². The molecule has 1 heteroatoms. The van der Waals surface area contributed by atoms with Crippen LogP contribution in [-0.4, -0.2) is 6.21 Å². The fraction of sp³-hybridized carbons (Fsp3) is 0.308. The third-order valence-electron chi connectivity index (χ3n) is 2.81. The number of aliphatic imine (C=N–C) groups is 1. The predicted octanol–water partition coefficient (Wildman–Crippen LogP) is 3.32. The van der Waals surface area contributed by atoms with E-state index in [9.17, 15) is 0 Å². The zero-order valence-corrected chi connectivity index (χ0v) is 8.70. The van der Waals surface area contributed by atoms with Gasteiger partial charge in [-0.05, 0) is 18.9 Å². The van der Waals surface area contributed by atoms with Crippen molar-refractivity contribution in [2.75, 3.05) is 0 Å². The number of benzene rings is 1. The smallest absolute Gasteiger partial charge is 0.0329 e. The Morgan fingerprint density at radius 3 is 2.50 bits per heavy atom. The lowest BCUT2D eigenvalue weighted by molar-refractivity contribution is 0.650. The molecule has 0 bridgehead atoms. The predicted molar refractivity (Wildman–Crippen MR) is 60.7 cm³/mol. The van der Waals surface area contributed by atoms with Crippen LogP contribution in [0.4, 0.5) is 0 Å². The van der Waals surface area contributed by atoms with Crippen LogP contribution in [0.15, 0.2) is 47.1 Å². The van der Waals surface area contributed by atoms with Crippen LogP contribution in [0, 0.1) is 0 Å². The van der Waals surface area contributed by atoms with Crippen LogP contribution < -0.4 is 0 Å². The van der Waals surface area contributed by atoms with Crippen LogP contribution in [-0.2, 0) is 5.41 Å². The van der Waals surface area contributed by atoms with E-state index in [1.807, 2.05) is 13.0 Å². The minimum atomic E-state index is 0.0841. The molecule has 1 aliphatic rings. The second-order valence-electron chi connectivity index (χ2n) is 4.09. The minimum absolute atomic E-state index is 0.0841. The molecule has 1 atom stereocenters. The van der Waals surface area contributed by atoms with Crippen LogP contribution in [0.2, 0.25) is 0 Å². The molecule has 0 saturated carbocycles. The summed E-state index contributed by atoms with van der Waals surface area (Å²) in [5.41, 5.74) is 2.55. The Balaban J connectivity index is 2.32. The zero-order chi connectivity index (χ0) is 10.0. The molecule has 0 N–H and O–H groups in total. The second kappa shape index (κ2) is 3.41. The van der Waals surface area contributed by atoms with Gasteiger partial charge in [0.25, 0.3) is 0 Å². The molecule has 1 aromatic carbocycles. The lowest BCUT2D eigenvalue weighted by Crippen LogP contribution is -2.24. The van der Waals surface area contributed by atoms with Crippen LogP contribution in [0.1, 0.15) is 25.8 Å². The Morgan fingerprint density at radius 1 is 1.21 bits per heavy atom. The Labute approximate surface area is 85.2 Å². The van der Waals surface area contributed by atoms with Crippen LogP contribution in [0.3, 0.4) is 0 Å². The molecule has 0 aliphatic carbocycles. The fourth-order valence-corrected chi connectivity index (χ4v) is 1.72. The van der Waals surface area contributed by atoms with Gasteiger partial charge in [-0.15, -0.1) is 0 Å². The Kier molecular flexibility index (Phi) is 2.24. The number of nitrogens with zero attached hydrogens (tertiary/aromatic N) is 1. The molecule has 1 aromatic rings. The molecule has 0 aromatic heterocycles. The number of hydrogen-bond acceptors (Lipinski definition) is 1. The van der Waals surface area contributed by atoms with Gasteiger partial charge >= 0.3 is 0 Å². The summed E-state index contributed by atoms with van der Waals surface area (Å²) in [4.78, 5) is 4.40. The van der Waals surface area contributed by atoms with E-state index in [4.69, 9.17) is 0 Å². The third kappa shape index (κ3) is 1.63. The SMILES string of the molecule is CC1=CCC(C)(c2ccccc2)C=N1. The highest BCUT2D eigenvalue weighted by atomic mass is 14.7. The van der Waals surface area contributed by atoms with Gasteiger partial charge in [0.05, 0.1) is 0 Å². The summed E-state index contributed by atoms with van der Waals surface area (Å²) < 4.78 is 0. The van der Waals surface area contributed by atoms with E-state index in [1.165, 1.54) is 5.56 Å². The zero-order valence-electron chi connectivity index (χ0n) is 8.70. The van der Waals surface area contributed by atoms with Crippen molar-refractivity contribution >= 4 is 6.21 Å². The molecular formula is C13H15N. The van der Waals surface area contributed by atoms with Gasteiger partial charge in [0, 0.05) is 17.3 Å². The first-order valence-corrected chi connectivity index (χ1v) is 4.98. The molecule has 1 nitrogen and oxygen atoms in total. The van der Waals surface area contributed by atoms with Gasteiger partial charge in [0.15, 0.2) is 0 Å². The van der Waals surface area contributed by atoms with E-state index < -0.39 is 0 Å². The Bertz CT molecular complexity index is 375. The molecular weight excluding hydrogens is 170 g/mol. The fourth-order valence-electron chi connectivity index (χ4n) is 1.72. The van der Waals surface area contributed by atoms with Crippen LogP contribution >= 0.6 is 0 Å². The molecule has 1 unspecified atom stereocenters. The van der Waals surface area contributed by atoms with E-state index >= 15 is 0 Å². The molecule has 0 saturated heterocycles. The molecule has 72 valence electrons. The maximum absolute atomic E-state index is 4.40. The summed E-state index contributed by atoms with van der Waals surface area (Å²) in [5, 5.41) is 0. The highest BCUT2D eigenvalue weighted by Crippen LogP contribution is 2.29. The quantitative estimate of drug-likeness (QED) is 0.636. The molecule has 1 heterocycles. The lowest BCUT2D eigenvalue weighted by atomic mass is 9.79. The molecule has 0 amide bonds. The number of hydrogen-bond donors (Lipinski definition) is 0. The van der Waals surface area contributed by atoms with Gasteiger partial charge in [0.2, 0.25) is 0 Å². The van der Waals surface area contributed by atoms with E-state index in [-0.39, 0.29) is 5.41 Å². The van der Waals surface area contributed by atoms with E-state index in [0.717, 1.165) is 12.1 Å². The molecule has 0 fully saturated rings. The Hall–Kier alpha value is -1.37. The summed E-state index contributed by atoms with van der Waals surface area (Å²) in [7, 11) is 0. The van der Waals surface area contributed by atoms with Crippen molar-refractivity contribution < 1.29 is 0 Å². The summed E-state index contributed by atoms with van der Waals surface area (Å²) in [6.45, 7) is 4.27. The highest BCUT2D eigenvalue weighted by molar-refractivity contribution is 5.75. The first-order valence-electron chi connectivity index (χ1n) is 4.98. The van der Waals surface area contributed by atoms with Crippen molar-refractivity contribution in [2.24, 2.45) is 4.99 Å². The van der Waals surface area contributed by atoms with Crippen molar-refractivity contribution in [3.63, 3.8) is 0 Å². The molecule has 0 spiro atoms. The largest absolute Gasteiger partial charge is 0.265 e. The van der Waals surface area contributed by atoms with Gasteiger partial charge in [-0.3, -0.25) is 4.99 Å². The van der Waals surface area contributed by atoms with E-state index in [0.29, 0.717) is 0 Å². The summed E-state index contributed by atoms with van der Waals surface area (Å²) in [6, 6.07) is 10.5. The van der Waals surface area contributed by atoms with Gasteiger partial charge < -0.3 is 0 Å². The lowest BCUT2D eigenvalue weighted by Gasteiger charge is -2.26. The van der Waals surface area contributed by atoms with Crippen LogP contribution in [0.5, 0.6) is 0 Å². The second-order valence-corrected chi connectivity index (χ2v) is 4.09. The van der Waals surface area contributed by atoms with E-state index in [1.54, 1.807) is 0 Å². The summed E-state index contributed by atoms with van der Waals surface area (Å²) in [5.74, 6) is 0. The standard InChI is InChI=1S/C13H15N/c1-11-8-9-13(2,10-14-11)12-6-4-3-5-7-12/h3-8,10H,9H2,1-2H3.